The average Bonchev–Trinajstić information content (AvgIpc) is 2.91. The zero-order chi connectivity index (χ0) is 25.1. The number of piperazine rings is 1. The molecule has 5 rings (SSSR count). The van der Waals surface area contributed by atoms with Crippen LogP contribution in [0.5, 0.6) is 0 Å². The number of hydrogen-bond acceptors (Lipinski definition) is 5. The van der Waals surface area contributed by atoms with Crippen LogP contribution in [-0.4, -0.2) is 51.1 Å². The van der Waals surface area contributed by atoms with Gasteiger partial charge in [0.1, 0.15) is 17.2 Å². The Bertz CT molecular complexity index is 1390. The van der Waals surface area contributed by atoms with Gasteiger partial charge in [-0.1, -0.05) is 29.8 Å². The molecule has 0 saturated carbocycles. The minimum Gasteiger partial charge on any atom is -0.358 e. The number of alkyl halides is 1. The number of anilines is 1. The van der Waals surface area contributed by atoms with Crippen molar-refractivity contribution in [2.24, 2.45) is 0 Å². The predicted octanol–water partition coefficient (Wildman–Crippen LogP) is 5.07. The first-order valence-corrected chi connectivity index (χ1v) is 12.8. The zero-order valence-corrected chi connectivity index (χ0v) is 21.5. The third kappa shape index (κ3) is 5.39. The summed E-state index contributed by atoms with van der Waals surface area (Å²) in [7, 11) is 0. The Kier molecular flexibility index (Phi) is 7.25. The van der Waals surface area contributed by atoms with Crippen LogP contribution in [0.3, 0.4) is 0 Å². The van der Waals surface area contributed by atoms with Gasteiger partial charge in [-0.05, 0) is 61.1 Å². The number of fused-ring (bicyclic) bond motifs is 1. The van der Waals surface area contributed by atoms with Crippen LogP contribution in [0.2, 0.25) is 0 Å². The van der Waals surface area contributed by atoms with E-state index < -0.39 is 0 Å². The van der Waals surface area contributed by atoms with E-state index >= 15 is 0 Å². The Morgan fingerprint density at radius 1 is 1.00 bits per heavy atom. The predicted molar refractivity (Wildman–Crippen MR) is 147 cm³/mol. The van der Waals surface area contributed by atoms with E-state index in [1.165, 1.54) is 23.3 Å². The van der Waals surface area contributed by atoms with Gasteiger partial charge in [-0.25, -0.2) is 19.3 Å². The highest BCUT2D eigenvalue weighted by molar-refractivity contribution is 7.80. The third-order valence-electron chi connectivity index (χ3n) is 6.22. The Labute approximate surface area is 220 Å². The van der Waals surface area contributed by atoms with Crippen molar-refractivity contribution >= 4 is 45.8 Å². The van der Waals surface area contributed by atoms with E-state index in [2.05, 4.69) is 51.3 Å². The first kappa shape index (κ1) is 24.3. The minimum absolute atomic E-state index is 0.218. The van der Waals surface area contributed by atoms with Crippen LogP contribution in [0, 0.1) is 12.7 Å². The molecular formula is C27H26ClFN6S. The van der Waals surface area contributed by atoms with E-state index in [0.717, 1.165) is 53.9 Å². The van der Waals surface area contributed by atoms with Crippen molar-refractivity contribution in [1.29, 1.82) is 0 Å². The molecule has 0 bridgehead atoms. The molecule has 1 aliphatic rings. The molecule has 0 unspecified atom stereocenters. The molecule has 0 aliphatic carbocycles. The second-order valence-corrected chi connectivity index (χ2v) is 9.44. The van der Waals surface area contributed by atoms with Crippen LogP contribution in [0.4, 0.5) is 10.2 Å². The van der Waals surface area contributed by atoms with Gasteiger partial charge >= 0.3 is 0 Å². The summed E-state index contributed by atoms with van der Waals surface area (Å²) in [6.45, 7) is 5.79. The van der Waals surface area contributed by atoms with Gasteiger partial charge in [0.2, 0.25) is 0 Å². The molecule has 2 aromatic heterocycles. The lowest BCUT2D eigenvalue weighted by atomic mass is 10.1. The lowest BCUT2D eigenvalue weighted by Crippen LogP contribution is -2.51. The molecule has 1 aliphatic heterocycles. The van der Waals surface area contributed by atoms with E-state index in [1.807, 2.05) is 12.1 Å². The summed E-state index contributed by atoms with van der Waals surface area (Å²) in [6.07, 6.45) is 0. The van der Waals surface area contributed by atoms with Gasteiger partial charge in [0.15, 0.2) is 10.9 Å². The molecule has 0 radical (unpaired) electrons. The number of aryl methyl sites for hydroxylation is 1. The summed E-state index contributed by atoms with van der Waals surface area (Å²) in [4.78, 5) is 18.6. The maximum absolute atomic E-state index is 13.4. The molecule has 3 heterocycles. The SMILES string of the molecule is Cc1cccc(CNC(=S)N2CCN(c3nc(CCl)nc4ccc(-c5ccc(F)cc5)nc34)CC2)c1. The number of aromatic nitrogens is 3. The normalized spacial score (nSPS) is 13.8. The highest BCUT2D eigenvalue weighted by atomic mass is 35.5. The number of pyridine rings is 1. The second-order valence-electron chi connectivity index (χ2n) is 8.79. The molecule has 36 heavy (non-hydrogen) atoms. The van der Waals surface area contributed by atoms with Gasteiger partial charge in [-0.2, -0.15) is 0 Å². The van der Waals surface area contributed by atoms with Gasteiger partial charge < -0.3 is 15.1 Å². The fraction of sp³-hybridized carbons (Fsp3) is 0.259. The van der Waals surface area contributed by atoms with E-state index in [9.17, 15) is 4.39 Å². The molecule has 0 amide bonds. The Balaban J connectivity index is 1.33. The summed E-state index contributed by atoms with van der Waals surface area (Å²) in [5.41, 5.74) is 5.46. The maximum Gasteiger partial charge on any atom is 0.169 e. The summed E-state index contributed by atoms with van der Waals surface area (Å²) in [5, 5.41) is 4.14. The number of nitrogens with zero attached hydrogens (tertiary/aromatic N) is 5. The second kappa shape index (κ2) is 10.7. The smallest absolute Gasteiger partial charge is 0.169 e. The van der Waals surface area contributed by atoms with Crippen LogP contribution < -0.4 is 10.2 Å². The molecule has 1 fully saturated rings. The lowest BCUT2D eigenvalue weighted by Gasteiger charge is -2.37. The summed E-state index contributed by atoms with van der Waals surface area (Å²) in [5.74, 6) is 1.26. The minimum atomic E-state index is -0.278. The van der Waals surface area contributed by atoms with Crippen LogP contribution in [-0.2, 0) is 12.4 Å². The maximum atomic E-state index is 13.4. The quantitative estimate of drug-likeness (QED) is 0.291. The Morgan fingerprint density at radius 2 is 1.78 bits per heavy atom. The number of halogens is 2. The van der Waals surface area contributed by atoms with Gasteiger partial charge in [0, 0.05) is 38.3 Å². The fourth-order valence-corrected chi connectivity index (χ4v) is 4.71. The highest BCUT2D eigenvalue weighted by Crippen LogP contribution is 2.27. The molecule has 184 valence electrons. The number of nitrogens with one attached hydrogen (secondary N) is 1. The van der Waals surface area contributed by atoms with Gasteiger partial charge in [-0.3, -0.25) is 0 Å². The average molecular weight is 521 g/mol. The van der Waals surface area contributed by atoms with Gasteiger partial charge in [0.25, 0.3) is 0 Å². The summed E-state index contributed by atoms with van der Waals surface area (Å²) in [6, 6.07) is 18.5. The molecule has 2 aromatic carbocycles. The van der Waals surface area contributed by atoms with E-state index in [1.54, 1.807) is 12.1 Å². The number of thiocarbonyl (C=S) groups is 1. The van der Waals surface area contributed by atoms with Crippen LogP contribution in [0.15, 0.2) is 60.7 Å². The van der Waals surface area contributed by atoms with Crippen molar-refractivity contribution in [2.45, 2.75) is 19.3 Å². The zero-order valence-electron chi connectivity index (χ0n) is 19.9. The van der Waals surface area contributed by atoms with Crippen molar-refractivity contribution in [2.75, 3.05) is 31.1 Å². The molecule has 4 aromatic rings. The van der Waals surface area contributed by atoms with Crippen LogP contribution >= 0.6 is 23.8 Å². The van der Waals surface area contributed by atoms with Crippen LogP contribution in [0.1, 0.15) is 17.0 Å². The fourth-order valence-electron chi connectivity index (χ4n) is 4.34. The van der Waals surface area contributed by atoms with Crippen LogP contribution in [0.25, 0.3) is 22.3 Å². The molecule has 6 nitrogen and oxygen atoms in total. The molecule has 1 saturated heterocycles. The Morgan fingerprint density at radius 3 is 2.50 bits per heavy atom. The van der Waals surface area contributed by atoms with Gasteiger partial charge in [0.05, 0.1) is 17.1 Å². The van der Waals surface area contributed by atoms with E-state index in [4.69, 9.17) is 33.8 Å². The summed E-state index contributed by atoms with van der Waals surface area (Å²) >= 11 is 11.8. The van der Waals surface area contributed by atoms with Crippen molar-refractivity contribution in [3.05, 3.63) is 83.4 Å². The molecule has 0 spiro atoms. The number of rotatable bonds is 5. The topological polar surface area (TPSA) is 57.2 Å². The number of hydrogen-bond donors (Lipinski definition) is 1. The monoisotopic (exact) mass is 520 g/mol. The molecule has 1 N–H and O–H groups in total. The molecule has 9 heteroatoms. The van der Waals surface area contributed by atoms with E-state index in [-0.39, 0.29) is 11.7 Å². The third-order valence-corrected chi connectivity index (χ3v) is 6.86. The van der Waals surface area contributed by atoms with Crippen molar-refractivity contribution < 1.29 is 4.39 Å². The standard InChI is InChI=1S/C27H26ClFN6S/c1-18-3-2-4-19(15-18)17-30-27(36)35-13-11-34(12-14-35)26-25-23(31-24(16-28)33-26)10-9-22(32-25)20-5-7-21(29)8-6-20/h2-10,15H,11-14,16-17H2,1H3,(H,30,36). The van der Waals surface area contributed by atoms with Crippen molar-refractivity contribution in [1.82, 2.24) is 25.2 Å². The van der Waals surface area contributed by atoms with Crippen molar-refractivity contribution in [3.8, 4) is 11.3 Å². The largest absolute Gasteiger partial charge is 0.358 e. The van der Waals surface area contributed by atoms with E-state index in [0.29, 0.717) is 17.9 Å². The molecule has 0 atom stereocenters. The first-order chi connectivity index (χ1) is 17.5. The Hall–Kier alpha value is -3.36. The number of benzene rings is 2. The first-order valence-electron chi connectivity index (χ1n) is 11.8. The van der Waals surface area contributed by atoms with Gasteiger partial charge in [-0.15, -0.1) is 11.6 Å². The molecular weight excluding hydrogens is 495 g/mol. The lowest BCUT2D eigenvalue weighted by molar-refractivity contribution is 0.379. The summed E-state index contributed by atoms with van der Waals surface area (Å²) < 4.78 is 13.4. The highest BCUT2D eigenvalue weighted by Gasteiger charge is 2.23. The van der Waals surface area contributed by atoms with Crippen molar-refractivity contribution in [3.63, 3.8) is 0 Å².